The van der Waals surface area contributed by atoms with E-state index in [9.17, 15) is 18.0 Å². The van der Waals surface area contributed by atoms with Gasteiger partial charge in [0.2, 0.25) is 0 Å². The van der Waals surface area contributed by atoms with Crippen molar-refractivity contribution in [3.05, 3.63) is 70.1 Å². The smallest absolute Gasteiger partial charge is 0.337 e. The van der Waals surface area contributed by atoms with E-state index in [2.05, 4.69) is 25.3 Å². The fourth-order valence-corrected chi connectivity index (χ4v) is 3.28. The molecule has 0 atom stereocenters. The molecule has 158 valence electrons. The van der Waals surface area contributed by atoms with E-state index < -0.39 is 17.8 Å². The number of rotatable bonds is 3. The van der Waals surface area contributed by atoms with Crippen molar-refractivity contribution in [1.82, 2.24) is 19.9 Å². The van der Waals surface area contributed by atoms with Crippen molar-refractivity contribution in [2.75, 3.05) is 5.32 Å². The number of benzene rings is 1. The monoisotopic (exact) mass is 445 g/mol. The first-order chi connectivity index (χ1) is 14.6. The number of aryl methyl sites for hydroxylation is 2. The van der Waals surface area contributed by atoms with Gasteiger partial charge >= 0.3 is 6.18 Å². The number of alkyl halides is 3. The van der Waals surface area contributed by atoms with E-state index >= 15 is 0 Å². The Morgan fingerprint density at radius 3 is 2.58 bits per heavy atom. The third-order valence-corrected chi connectivity index (χ3v) is 4.90. The number of amides is 1. The number of nitrogens with zero attached hydrogens (tertiary/aromatic N) is 3. The van der Waals surface area contributed by atoms with Crippen LogP contribution in [-0.2, 0) is 6.18 Å². The normalized spacial score (nSPS) is 11.7. The van der Waals surface area contributed by atoms with Gasteiger partial charge in [-0.15, -0.1) is 0 Å². The highest BCUT2D eigenvalue weighted by Gasteiger charge is 2.33. The summed E-state index contributed by atoms with van der Waals surface area (Å²) >= 11 is 6.32. The molecule has 0 aliphatic carbocycles. The molecule has 31 heavy (non-hydrogen) atoms. The van der Waals surface area contributed by atoms with Crippen LogP contribution in [0.15, 0.2) is 42.6 Å². The molecule has 4 rings (SSSR count). The van der Waals surface area contributed by atoms with Crippen molar-refractivity contribution >= 4 is 34.4 Å². The Bertz CT molecular complexity index is 1320. The maximum atomic E-state index is 12.8. The number of pyridine rings is 2. The topological polar surface area (TPSA) is 83.6 Å². The van der Waals surface area contributed by atoms with Crippen LogP contribution in [0.25, 0.3) is 22.6 Å². The predicted octanol–water partition coefficient (Wildman–Crippen LogP) is 5.56. The molecule has 0 aliphatic heterocycles. The summed E-state index contributed by atoms with van der Waals surface area (Å²) in [6, 6.07) is 8.58. The summed E-state index contributed by atoms with van der Waals surface area (Å²) in [4.78, 5) is 27.9. The number of H-pyrrole nitrogens is 1. The number of carbonyl (C=O) groups excluding carboxylic acids is 1. The number of imidazole rings is 1. The van der Waals surface area contributed by atoms with Crippen molar-refractivity contribution < 1.29 is 18.0 Å². The summed E-state index contributed by atoms with van der Waals surface area (Å²) in [7, 11) is 0. The van der Waals surface area contributed by atoms with Gasteiger partial charge < -0.3 is 10.3 Å². The molecule has 0 saturated carbocycles. The van der Waals surface area contributed by atoms with E-state index in [1.54, 1.807) is 24.4 Å². The first kappa shape index (κ1) is 20.8. The molecule has 1 amide bonds. The lowest BCUT2D eigenvalue weighted by Gasteiger charge is -2.11. The standard InChI is InChI=1S/C21H15ClF3N5O/c1-10-7-16-19(26-9-10)30-18(29-16)14-8-12(3-5-15(14)22)28-20(31)13-4-6-17(21(23,24)25)27-11(13)2/h3-9H,1-2H3,(H,28,31)(H,26,29,30). The van der Waals surface area contributed by atoms with Crippen LogP contribution in [-0.4, -0.2) is 25.8 Å². The summed E-state index contributed by atoms with van der Waals surface area (Å²) in [6.45, 7) is 3.26. The summed E-state index contributed by atoms with van der Waals surface area (Å²) in [5.74, 6) is -0.115. The second-order valence-electron chi connectivity index (χ2n) is 6.95. The molecule has 3 heterocycles. The molecular weight excluding hydrogens is 431 g/mol. The van der Waals surface area contributed by atoms with E-state index in [0.29, 0.717) is 27.7 Å². The van der Waals surface area contributed by atoms with Crippen molar-refractivity contribution in [2.45, 2.75) is 20.0 Å². The summed E-state index contributed by atoms with van der Waals surface area (Å²) in [5.41, 5.74) is 2.13. The van der Waals surface area contributed by atoms with Crippen LogP contribution in [0, 0.1) is 13.8 Å². The van der Waals surface area contributed by atoms with Gasteiger partial charge in [-0.05, 0) is 55.8 Å². The molecular formula is C21H15ClF3N5O. The second kappa shape index (κ2) is 7.66. The molecule has 6 nitrogen and oxygen atoms in total. The number of aromatic nitrogens is 4. The summed E-state index contributed by atoms with van der Waals surface area (Å²) < 4.78 is 38.4. The molecule has 0 fully saturated rings. The lowest BCUT2D eigenvalue weighted by molar-refractivity contribution is -0.141. The Morgan fingerprint density at radius 2 is 1.87 bits per heavy atom. The largest absolute Gasteiger partial charge is 0.433 e. The first-order valence-corrected chi connectivity index (χ1v) is 9.48. The Balaban J connectivity index is 1.63. The van der Waals surface area contributed by atoms with Gasteiger partial charge in [0.15, 0.2) is 5.65 Å². The van der Waals surface area contributed by atoms with Gasteiger partial charge in [0, 0.05) is 17.4 Å². The van der Waals surface area contributed by atoms with Crippen LogP contribution in [0.1, 0.15) is 27.3 Å². The minimum Gasteiger partial charge on any atom is -0.337 e. The zero-order chi connectivity index (χ0) is 22.3. The van der Waals surface area contributed by atoms with Crippen LogP contribution < -0.4 is 5.32 Å². The maximum Gasteiger partial charge on any atom is 0.433 e. The van der Waals surface area contributed by atoms with Gasteiger partial charge in [-0.3, -0.25) is 4.79 Å². The minimum absolute atomic E-state index is 0.0276. The predicted molar refractivity (Wildman–Crippen MR) is 111 cm³/mol. The Hall–Kier alpha value is -3.46. The van der Waals surface area contributed by atoms with E-state index in [-0.39, 0.29) is 11.3 Å². The van der Waals surface area contributed by atoms with E-state index in [1.807, 2.05) is 13.0 Å². The van der Waals surface area contributed by atoms with Gasteiger partial charge in [-0.25, -0.2) is 15.0 Å². The number of aromatic amines is 1. The van der Waals surface area contributed by atoms with Crippen molar-refractivity contribution in [3.63, 3.8) is 0 Å². The fourth-order valence-electron chi connectivity index (χ4n) is 3.07. The number of nitrogens with one attached hydrogen (secondary N) is 2. The highest BCUT2D eigenvalue weighted by atomic mass is 35.5. The number of fused-ring (bicyclic) bond motifs is 1. The molecule has 0 aliphatic rings. The van der Waals surface area contributed by atoms with Crippen LogP contribution >= 0.6 is 11.6 Å². The number of hydrogen-bond acceptors (Lipinski definition) is 4. The van der Waals surface area contributed by atoms with Gasteiger partial charge in [-0.1, -0.05) is 11.6 Å². The van der Waals surface area contributed by atoms with Crippen LogP contribution in [0.4, 0.5) is 18.9 Å². The van der Waals surface area contributed by atoms with Gasteiger partial charge in [0.1, 0.15) is 11.5 Å². The number of hydrogen-bond donors (Lipinski definition) is 2. The highest BCUT2D eigenvalue weighted by Crippen LogP contribution is 2.31. The molecule has 1 aromatic carbocycles. The molecule has 3 aromatic heterocycles. The molecule has 0 unspecified atom stereocenters. The number of halogens is 4. The molecule has 0 radical (unpaired) electrons. The quantitative estimate of drug-likeness (QED) is 0.432. The first-order valence-electron chi connectivity index (χ1n) is 9.10. The zero-order valence-corrected chi connectivity index (χ0v) is 17.1. The SMILES string of the molecule is Cc1cnc2nc(-c3cc(NC(=O)c4ccc(C(F)(F)F)nc4C)ccc3Cl)[nH]c2c1. The minimum atomic E-state index is -4.58. The molecule has 2 N–H and O–H groups in total. The van der Waals surface area contributed by atoms with Crippen molar-refractivity contribution in [3.8, 4) is 11.4 Å². The number of anilines is 1. The third kappa shape index (κ3) is 4.22. The Kier molecular flexibility index (Phi) is 5.14. The lowest BCUT2D eigenvalue weighted by Crippen LogP contribution is -2.16. The van der Waals surface area contributed by atoms with Gasteiger partial charge in [0.05, 0.1) is 21.8 Å². The van der Waals surface area contributed by atoms with Crippen LogP contribution in [0.3, 0.4) is 0 Å². The average molecular weight is 446 g/mol. The van der Waals surface area contributed by atoms with Crippen LogP contribution in [0.2, 0.25) is 5.02 Å². The lowest BCUT2D eigenvalue weighted by atomic mass is 10.1. The van der Waals surface area contributed by atoms with E-state index in [1.165, 1.54) is 6.92 Å². The Labute approximate surface area is 179 Å². The molecule has 4 aromatic rings. The second-order valence-corrected chi connectivity index (χ2v) is 7.35. The Morgan fingerprint density at radius 1 is 1.10 bits per heavy atom. The molecule has 0 bridgehead atoms. The molecule has 0 saturated heterocycles. The van der Waals surface area contributed by atoms with Crippen molar-refractivity contribution in [1.29, 1.82) is 0 Å². The van der Waals surface area contributed by atoms with Gasteiger partial charge in [-0.2, -0.15) is 13.2 Å². The number of carbonyl (C=O) groups is 1. The highest BCUT2D eigenvalue weighted by molar-refractivity contribution is 6.33. The van der Waals surface area contributed by atoms with E-state index in [0.717, 1.165) is 23.2 Å². The summed E-state index contributed by atoms with van der Waals surface area (Å²) in [6.07, 6.45) is -2.88. The molecule has 0 spiro atoms. The van der Waals surface area contributed by atoms with Crippen LogP contribution in [0.5, 0.6) is 0 Å². The van der Waals surface area contributed by atoms with E-state index in [4.69, 9.17) is 11.6 Å². The third-order valence-electron chi connectivity index (χ3n) is 4.57. The summed E-state index contributed by atoms with van der Waals surface area (Å²) in [5, 5.41) is 3.07. The average Bonchev–Trinajstić information content (AvgIpc) is 3.11. The molecule has 10 heteroatoms. The van der Waals surface area contributed by atoms with Crippen molar-refractivity contribution in [2.24, 2.45) is 0 Å². The maximum absolute atomic E-state index is 12.8. The van der Waals surface area contributed by atoms with Gasteiger partial charge in [0.25, 0.3) is 5.91 Å². The zero-order valence-electron chi connectivity index (χ0n) is 16.3. The fraction of sp³-hybridized carbons (Fsp3) is 0.143.